The van der Waals surface area contributed by atoms with Gasteiger partial charge in [0.25, 0.3) is 0 Å². The summed E-state index contributed by atoms with van der Waals surface area (Å²) in [5.74, 6) is 2.00. The normalized spacial score (nSPS) is 46.5. The predicted octanol–water partition coefficient (Wildman–Crippen LogP) is 5.02. The summed E-state index contributed by atoms with van der Waals surface area (Å²) in [7, 11) is 0. The van der Waals surface area contributed by atoms with E-state index in [0.29, 0.717) is 47.1 Å². The van der Waals surface area contributed by atoms with Crippen LogP contribution in [0, 0.1) is 45.3 Å². The van der Waals surface area contributed by atoms with Crippen molar-refractivity contribution in [3.05, 3.63) is 0 Å². The van der Waals surface area contributed by atoms with E-state index in [1.165, 1.54) is 39.0 Å². The Morgan fingerprint density at radius 1 is 1.00 bits per heavy atom. The topological polar surface area (TPSA) is 108 Å². The highest BCUT2D eigenvalue weighted by molar-refractivity contribution is 5.66. The Labute approximate surface area is 250 Å². The fraction of sp³-hybridized carbons (Fsp3) is 0.912. The molecule has 6 rings (SSSR count). The number of aliphatic hydroxyl groups is 1. The van der Waals surface area contributed by atoms with E-state index in [9.17, 15) is 19.5 Å². The quantitative estimate of drug-likeness (QED) is 0.227. The summed E-state index contributed by atoms with van der Waals surface area (Å²) in [5, 5.41) is 10.8. The monoisotopic (exact) mass is 588 g/mol. The molecule has 0 aromatic carbocycles. The number of hydrogen-bond donors (Lipinski definition) is 1. The van der Waals surface area contributed by atoms with E-state index in [1.807, 2.05) is 0 Å². The zero-order valence-corrected chi connectivity index (χ0v) is 26.4. The zero-order valence-electron chi connectivity index (χ0n) is 26.4. The van der Waals surface area contributed by atoms with Crippen molar-refractivity contribution in [3.63, 3.8) is 0 Å². The number of fused-ring (bicyclic) bond motifs is 4. The first-order chi connectivity index (χ1) is 19.7. The zero-order chi connectivity index (χ0) is 30.3. The van der Waals surface area contributed by atoms with Crippen molar-refractivity contribution in [2.24, 2.45) is 45.3 Å². The maximum absolute atomic E-state index is 11.9. The van der Waals surface area contributed by atoms with Gasteiger partial charge in [0.05, 0.1) is 23.9 Å². The Bertz CT molecular complexity index is 1080. The molecule has 5 saturated carbocycles. The van der Waals surface area contributed by atoms with Crippen molar-refractivity contribution >= 4 is 18.5 Å². The minimum atomic E-state index is -1.16. The summed E-state index contributed by atoms with van der Waals surface area (Å²) in [6, 6.07) is 0. The lowest BCUT2D eigenvalue weighted by molar-refractivity contribution is -0.216. The molecule has 6 fully saturated rings. The van der Waals surface area contributed by atoms with Crippen LogP contribution in [0.5, 0.6) is 0 Å². The maximum Gasteiger partial charge on any atom is 0.303 e. The third-order valence-electron chi connectivity index (χ3n) is 13.6. The molecule has 236 valence electrons. The first kappa shape index (κ1) is 30.7. The summed E-state index contributed by atoms with van der Waals surface area (Å²) < 4.78 is 24.0. The molecule has 1 N–H and O–H groups in total. The highest BCUT2D eigenvalue weighted by atomic mass is 16.7. The third kappa shape index (κ3) is 4.47. The number of carbonyl (C=O) groups is 3. The maximum atomic E-state index is 11.9. The molecule has 42 heavy (non-hydrogen) atoms. The van der Waals surface area contributed by atoms with Crippen molar-refractivity contribution < 1.29 is 38.4 Å². The molecule has 0 aromatic rings. The van der Waals surface area contributed by atoms with Crippen LogP contribution in [0.4, 0.5) is 0 Å². The largest absolute Gasteiger partial charge is 0.457 e. The minimum Gasteiger partial charge on any atom is -0.457 e. The average Bonchev–Trinajstić information content (AvgIpc) is 3.50. The molecule has 2 spiro atoms. The van der Waals surface area contributed by atoms with Crippen LogP contribution in [0.2, 0.25) is 0 Å². The Morgan fingerprint density at radius 3 is 2.40 bits per heavy atom. The Kier molecular flexibility index (Phi) is 7.56. The standard InChI is InChI=1S/C34H52O8/c1-20(37)40-29(31(4,5)38)24-9-7-22-25(41-24)17-23-21-8-10-26-30(2,3)27(42-28(18-36)39-16-15-35)11-12-34(26)19-33(21,34)14-13-32(22,23)6/h15,18,21-29,38H,7-14,16-17,19H2,1-6H3/t21?,22-,23?,24?,25?,26?,27-,28?,29-,32?,33-,34?/m0/s1. The summed E-state index contributed by atoms with van der Waals surface area (Å²) in [5.41, 5.74) is -0.248. The van der Waals surface area contributed by atoms with E-state index in [-0.39, 0.29) is 41.7 Å². The molecule has 0 aromatic heterocycles. The number of carbonyl (C=O) groups excluding carboxylic acids is 3. The van der Waals surface area contributed by atoms with Crippen LogP contribution >= 0.6 is 0 Å². The number of ether oxygens (including phenoxy) is 4. The molecule has 1 aliphatic heterocycles. The van der Waals surface area contributed by atoms with Gasteiger partial charge < -0.3 is 28.8 Å². The SMILES string of the molecule is CC(=O)O[C@@H](C1CC[C@H]2C(CC3C4CCC5C(C)(C)[C@@H](OC(C=O)OCC=O)CCC56C[C@@]46CCC32C)O1)C(C)(C)O. The van der Waals surface area contributed by atoms with E-state index >= 15 is 0 Å². The number of hydrogen-bond acceptors (Lipinski definition) is 8. The van der Waals surface area contributed by atoms with Gasteiger partial charge in [-0.05, 0) is 123 Å². The van der Waals surface area contributed by atoms with Crippen LogP contribution < -0.4 is 0 Å². The second-order valence-electron chi connectivity index (χ2n) is 16.1. The Balaban J connectivity index is 1.19. The van der Waals surface area contributed by atoms with Crippen LogP contribution in [-0.2, 0) is 33.3 Å². The van der Waals surface area contributed by atoms with Crippen LogP contribution in [0.15, 0.2) is 0 Å². The van der Waals surface area contributed by atoms with Crippen LogP contribution in [0.3, 0.4) is 0 Å². The molecule has 6 aliphatic rings. The lowest BCUT2D eigenvalue weighted by Gasteiger charge is -2.59. The van der Waals surface area contributed by atoms with Crippen molar-refractivity contribution in [2.75, 3.05) is 6.61 Å². The first-order valence-corrected chi connectivity index (χ1v) is 16.4. The van der Waals surface area contributed by atoms with Crippen molar-refractivity contribution in [2.45, 2.75) is 142 Å². The van der Waals surface area contributed by atoms with Gasteiger partial charge in [-0.1, -0.05) is 20.8 Å². The highest BCUT2D eigenvalue weighted by Gasteiger charge is 2.80. The molecular formula is C34H52O8. The van der Waals surface area contributed by atoms with Gasteiger partial charge in [-0.2, -0.15) is 0 Å². The molecule has 0 radical (unpaired) electrons. The Morgan fingerprint density at radius 2 is 1.74 bits per heavy atom. The summed E-state index contributed by atoms with van der Waals surface area (Å²) in [6.45, 7) is 11.9. The van der Waals surface area contributed by atoms with Gasteiger partial charge in [-0.3, -0.25) is 9.59 Å². The molecule has 8 heteroatoms. The van der Waals surface area contributed by atoms with Crippen molar-refractivity contribution in [1.82, 2.24) is 0 Å². The molecule has 12 atom stereocenters. The predicted molar refractivity (Wildman–Crippen MR) is 154 cm³/mol. The first-order valence-electron chi connectivity index (χ1n) is 16.4. The van der Waals surface area contributed by atoms with Gasteiger partial charge in [0.15, 0.2) is 12.4 Å². The molecule has 0 bridgehead atoms. The second kappa shape index (κ2) is 10.3. The lowest BCUT2D eigenvalue weighted by atomic mass is 9.46. The van der Waals surface area contributed by atoms with E-state index in [2.05, 4.69) is 20.8 Å². The fourth-order valence-corrected chi connectivity index (χ4v) is 12.0. The van der Waals surface area contributed by atoms with Gasteiger partial charge >= 0.3 is 5.97 Å². The highest BCUT2D eigenvalue weighted by Crippen LogP contribution is 2.87. The third-order valence-corrected chi connectivity index (χ3v) is 13.6. The van der Waals surface area contributed by atoms with Crippen LogP contribution in [-0.4, -0.2) is 66.6 Å². The van der Waals surface area contributed by atoms with Gasteiger partial charge in [0.2, 0.25) is 6.29 Å². The van der Waals surface area contributed by atoms with Gasteiger partial charge in [0, 0.05) is 6.92 Å². The smallest absolute Gasteiger partial charge is 0.303 e. The van der Waals surface area contributed by atoms with Gasteiger partial charge in [-0.25, -0.2) is 0 Å². The molecular weight excluding hydrogens is 536 g/mol. The van der Waals surface area contributed by atoms with Crippen molar-refractivity contribution in [1.29, 1.82) is 0 Å². The fourth-order valence-electron chi connectivity index (χ4n) is 12.0. The number of aldehydes is 2. The van der Waals surface area contributed by atoms with E-state index < -0.39 is 18.0 Å². The molecule has 8 nitrogen and oxygen atoms in total. The van der Waals surface area contributed by atoms with Crippen LogP contribution in [0.25, 0.3) is 0 Å². The van der Waals surface area contributed by atoms with Crippen LogP contribution in [0.1, 0.15) is 106 Å². The molecule has 1 heterocycles. The van der Waals surface area contributed by atoms with Gasteiger partial charge in [-0.15, -0.1) is 0 Å². The van der Waals surface area contributed by atoms with E-state index in [1.54, 1.807) is 13.8 Å². The number of rotatable bonds is 9. The summed E-state index contributed by atoms with van der Waals surface area (Å²) >= 11 is 0. The van der Waals surface area contributed by atoms with Gasteiger partial charge in [0.1, 0.15) is 12.9 Å². The molecule has 5 aliphatic carbocycles. The van der Waals surface area contributed by atoms with E-state index in [0.717, 1.165) is 32.1 Å². The van der Waals surface area contributed by atoms with Crippen molar-refractivity contribution in [3.8, 4) is 0 Å². The Hall–Kier alpha value is -1.35. The average molecular weight is 589 g/mol. The summed E-state index contributed by atoms with van der Waals surface area (Å²) in [4.78, 5) is 34.3. The molecule has 8 unspecified atom stereocenters. The second-order valence-corrected chi connectivity index (χ2v) is 16.1. The number of esters is 1. The lowest BCUT2D eigenvalue weighted by Crippen LogP contribution is -2.55. The minimum absolute atomic E-state index is 0.0707. The summed E-state index contributed by atoms with van der Waals surface area (Å²) in [6.07, 6.45) is 10.7. The van der Waals surface area contributed by atoms with E-state index in [4.69, 9.17) is 18.9 Å². The molecule has 0 amide bonds. The molecule has 1 saturated heterocycles.